The highest BCUT2D eigenvalue weighted by Gasteiger charge is 2.18. The van der Waals surface area contributed by atoms with Gasteiger partial charge in [-0.1, -0.05) is 6.92 Å². The summed E-state index contributed by atoms with van der Waals surface area (Å²) in [5.41, 5.74) is 3.49. The molecular formula is C14H24N2O. The fourth-order valence-electron chi connectivity index (χ4n) is 2.23. The van der Waals surface area contributed by atoms with E-state index in [0.717, 1.165) is 24.4 Å². The van der Waals surface area contributed by atoms with E-state index in [9.17, 15) is 0 Å². The lowest BCUT2D eigenvalue weighted by Crippen LogP contribution is -2.25. The molecule has 0 amide bonds. The van der Waals surface area contributed by atoms with E-state index < -0.39 is 0 Å². The second-order valence-corrected chi connectivity index (χ2v) is 4.74. The number of aryl methyl sites for hydroxylation is 2. The third-order valence-electron chi connectivity index (χ3n) is 3.09. The average molecular weight is 236 g/mol. The van der Waals surface area contributed by atoms with Crippen LogP contribution in [0, 0.1) is 19.8 Å². The fourth-order valence-corrected chi connectivity index (χ4v) is 2.23. The normalized spacial score (nSPS) is 14.6. The number of rotatable bonds is 6. The first kappa shape index (κ1) is 14.1. The third-order valence-corrected chi connectivity index (χ3v) is 3.09. The van der Waals surface area contributed by atoms with Gasteiger partial charge in [0.1, 0.15) is 0 Å². The molecule has 1 rings (SSSR count). The SMILES string of the molecule is CNC(c1cc(C)cc(C)n1)C(C)CCOC. The minimum Gasteiger partial charge on any atom is -0.385 e. The molecule has 1 aromatic heterocycles. The topological polar surface area (TPSA) is 34.2 Å². The van der Waals surface area contributed by atoms with Crippen molar-refractivity contribution in [1.29, 1.82) is 0 Å². The van der Waals surface area contributed by atoms with Gasteiger partial charge in [0.05, 0.1) is 11.7 Å². The van der Waals surface area contributed by atoms with Crippen molar-refractivity contribution in [2.45, 2.75) is 33.2 Å². The highest BCUT2D eigenvalue weighted by Crippen LogP contribution is 2.23. The average Bonchev–Trinajstić information content (AvgIpc) is 2.26. The van der Waals surface area contributed by atoms with Crippen LogP contribution >= 0.6 is 0 Å². The number of aromatic nitrogens is 1. The lowest BCUT2D eigenvalue weighted by atomic mass is 9.94. The zero-order valence-corrected chi connectivity index (χ0v) is 11.6. The minimum absolute atomic E-state index is 0.295. The number of nitrogens with zero attached hydrogens (tertiary/aromatic N) is 1. The number of hydrogen-bond donors (Lipinski definition) is 1. The Hall–Kier alpha value is -0.930. The Labute approximate surface area is 105 Å². The maximum absolute atomic E-state index is 5.14. The molecule has 96 valence electrons. The van der Waals surface area contributed by atoms with Crippen LogP contribution in [0.15, 0.2) is 12.1 Å². The quantitative estimate of drug-likeness (QED) is 0.824. The summed E-state index contributed by atoms with van der Waals surface area (Å²) in [6.45, 7) is 7.19. The summed E-state index contributed by atoms with van der Waals surface area (Å²) in [5.74, 6) is 0.508. The molecule has 0 saturated carbocycles. The van der Waals surface area contributed by atoms with E-state index in [1.165, 1.54) is 5.56 Å². The monoisotopic (exact) mass is 236 g/mol. The Kier molecular flexibility index (Phi) is 5.59. The van der Waals surface area contributed by atoms with Gasteiger partial charge in [0.25, 0.3) is 0 Å². The van der Waals surface area contributed by atoms with Gasteiger partial charge in [-0.15, -0.1) is 0 Å². The number of hydrogen-bond acceptors (Lipinski definition) is 3. The molecule has 0 bridgehead atoms. The summed E-state index contributed by atoms with van der Waals surface area (Å²) in [7, 11) is 3.74. The van der Waals surface area contributed by atoms with Gasteiger partial charge >= 0.3 is 0 Å². The maximum atomic E-state index is 5.14. The van der Waals surface area contributed by atoms with E-state index in [0.29, 0.717) is 12.0 Å². The van der Waals surface area contributed by atoms with Gasteiger partial charge in [-0.25, -0.2) is 0 Å². The van der Waals surface area contributed by atoms with Crippen molar-refractivity contribution in [2.75, 3.05) is 20.8 Å². The molecule has 0 aliphatic carbocycles. The van der Waals surface area contributed by atoms with E-state index in [1.807, 2.05) is 14.0 Å². The summed E-state index contributed by atoms with van der Waals surface area (Å²) in [4.78, 5) is 4.63. The Morgan fingerprint density at radius 3 is 2.59 bits per heavy atom. The van der Waals surface area contributed by atoms with Gasteiger partial charge in [-0.2, -0.15) is 0 Å². The number of nitrogens with one attached hydrogen (secondary N) is 1. The molecule has 1 heterocycles. The van der Waals surface area contributed by atoms with Gasteiger partial charge in [-0.3, -0.25) is 4.98 Å². The molecule has 0 aromatic carbocycles. The van der Waals surface area contributed by atoms with E-state index in [4.69, 9.17) is 4.74 Å². The molecule has 3 heteroatoms. The molecule has 0 aliphatic rings. The van der Waals surface area contributed by atoms with Crippen molar-refractivity contribution in [2.24, 2.45) is 5.92 Å². The summed E-state index contributed by atoms with van der Waals surface area (Å²) in [6, 6.07) is 4.57. The molecule has 0 fully saturated rings. The zero-order valence-electron chi connectivity index (χ0n) is 11.6. The summed E-state index contributed by atoms with van der Waals surface area (Å²) in [5, 5.41) is 3.36. The van der Waals surface area contributed by atoms with Gasteiger partial charge in [-0.05, 0) is 50.9 Å². The van der Waals surface area contributed by atoms with Crippen molar-refractivity contribution in [3.8, 4) is 0 Å². The van der Waals surface area contributed by atoms with Crippen molar-refractivity contribution in [1.82, 2.24) is 10.3 Å². The molecule has 0 radical (unpaired) electrons. The van der Waals surface area contributed by atoms with Crippen LogP contribution < -0.4 is 5.32 Å². The summed E-state index contributed by atoms with van der Waals surface area (Å²) in [6.07, 6.45) is 1.04. The van der Waals surface area contributed by atoms with Crippen LogP contribution in [0.5, 0.6) is 0 Å². The molecule has 1 aromatic rings. The van der Waals surface area contributed by atoms with Crippen LogP contribution in [0.2, 0.25) is 0 Å². The second-order valence-electron chi connectivity index (χ2n) is 4.74. The third kappa shape index (κ3) is 4.10. The van der Waals surface area contributed by atoms with Crippen LogP contribution in [0.3, 0.4) is 0 Å². The van der Waals surface area contributed by atoms with Crippen molar-refractivity contribution in [3.63, 3.8) is 0 Å². The summed E-state index contributed by atoms with van der Waals surface area (Å²) < 4.78 is 5.14. The molecule has 2 unspecified atom stereocenters. The van der Waals surface area contributed by atoms with Crippen molar-refractivity contribution >= 4 is 0 Å². The van der Waals surface area contributed by atoms with Gasteiger partial charge in [0.2, 0.25) is 0 Å². The molecule has 3 nitrogen and oxygen atoms in total. The van der Waals surface area contributed by atoms with E-state index >= 15 is 0 Å². The lowest BCUT2D eigenvalue weighted by molar-refractivity contribution is 0.171. The van der Waals surface area contributed by atoms with Crippen LogP contribution in [-0.4, -0.2) is 25.7 Å². The molecule has 1 N–H and O–H groups in total. The lowest BCUT2D eigenvalue weighted by Gasteiger charge is -2.23. The van der Waals surface area contributed by atoms with Crippen LogP contribution in [0.25, 0.3) is 0 Å². The first-order valence-electron chi connectivity index (χ1n) is 6.20. The van der Waals surface area contributed by atoms with Crippen LogP contribution in [0.4, 0.5) is 0 Å². The van der Waals surface area contributed by atoms with Crippen molar-refractivity contribution < 1.29 is 4.74 Å². The number of ether oxygens (including phenoxy) is 1. The Morgan fingerprint density at radius 1 is 1.35 bits per heavy atom. The second kappa shape index (κ2) is 6.72. The minimum atomic E-state index is 0.295. The summed E-state index contributed by atoms with van der Waals surface area (Å²) >= 11 is 0. The molecule has 0 saturated heterocycles. The van der Waals surface area contributed by atoms with E-state index in [2.05, 4.69) is 36.3 Å². The molecule has 0 aliphatic heterocycles. The van der Waals surface area contributed by atoms with Gasteiger partial charge < -0.3 is 10.1 Å². The standard InChI is InChI=1S/C14H24N2O/c1-10-8-12(3)16-13(9-10)14(15-4)11(2)6-7-17-5/h8-9,11,14-15H,6-7H2,1-5H3. The molecular weight excluding hydrogens is 212 g/mol. The van der Waals surface area contributed by atoms with E-state index in [-0.39, 0.29) is 0 Å². The molecule has 0 spiro atoms. The fraction of sp³-hybridized carbons (Fsp3) is 0.643. The Bertz CT molecular complexity index is 332. The number of pyridine rings is 1. The van der Waals surface area contributed by atoms with Gasteiger partial charge in [0, 0.05) is 19.4 Å². The number of methoxy groups -OCH3 is 1. The highest BCUT2D eigenvalue weighted by molar-refractivity contribution is 5.22. The molecule has 17 heavy (non-hydrogen) atoms. The predicted octanol–water partition coefficient (Wildman–Crippen LogP) is 2.63. The smallest absolute Gasteiger partial charge is 0.0581 e. The largest absolute Gasteiger partial charge is 0.385 e. The first-order valence-corrected chi connectivity index (χ1v) is 6.20. The zero-order chi connectivity index (χ0) is 12.8. The highest BCUT2D eigenvalue weighted by atomic mass is 16.5. The predicted molar refractivity (Wildman–Crippen MR) is 71.2 cm³/mol. The van der Waals surface area contributed by atoms with E-state index in [1.54, 1.807) is 7.11 Å². The van der Waals surface area contributed by atoms with Crippen LogP contribution in [0.1, 0.15) is 36.3 Å². The Morgan fingerprint density at radius 2 is 2.06 bits per heavy atom. The maximum Gasteiger partial charge on any atom is 0.0581 e. The van der Waals surface area contributed by atoms with Gasteiger partial charge in [0.15, 0.2) is 0 Å². The van der Waals surface area contributed by atoms with Crippen molar-refractivity contribution in [3.05, 3.63) is 29.1 Å². The Balaban J connectivity index is 2.84. The first-order chi connectivity index (χ1) is 8.08. The van der Waals surface area contributed by atoms with Crippen LogP contribution in [-0.2, 0) is 4.74 Å². The molecule has 2 atom stereocenters.